The zero-order chi connectivity index (χ0) is 17.8. The summed E-state index contributed by atoms with van der Waals surface area (Å²) in [4.78, 5) is 35.0. The Morgan fingerprint density at radius 3 is 2.44 bits per heavy atom. The van der Waals surface area contributed by atoms with Gasteiger partial charge in [-0.2, -0.15) is 0 Å². The van der Waals surface area contributed by atoms with E-state index < -0.39 is 0 Å². The monoisotopic (exact) mass is 339 g/mol. The fourth-order valence-corrected chi connectivity index (χ4v) is 2.66. The summed E-state index contributed by atoms with van der Waals surface area (Å²) in [5.74, 6) is 0.432. The van der Waals surface area contributed by atoms with Gasteiger partial charge in [0.2, 0.25) is 6.41 Å². The normalized spacial score (nSPS) is 14.3. The van der Waals surface area contributed by atoms with E-state index >= 15 is 0 Å². The first-order valence-corrected chi connectivity index (χ1v) is 8.22. The van der Waals surface area contributed by atoms with Crippen molar-refractivity contribution in [2.24, 2.45) is 0 Å². The van der Waals surface area contributed by atoms with Crippen LogP contribution in [0.4, 0.5) is 11.5 Å². The van der Waals surface area contributed by atoms with Crippen molar-refractivity contribution >= 4 is 23.8 Å². The van der Waals surface area contributed by atoms with Gasteiger partial charge in [0.05, 0.1) is 12.4 Å². The van der Waals surface area contributed by atoms with Gasteiger partial charge in [-0.25, -0.2) is 9.97 Å². The average Bonchev–Trinajstić information content (AvgIpc) is 2.65. The maximum atomic E-state index is 12.4. The van der Waals surface area contributed by atoms with Crippen molar-refractivity contribution in [1.29, 1.82) is 0 Å². The van der Waals surface area contributed by atoms with Gasteiger partial charge in [-0.3, -0.25) is 9.59 Å². The predicted octanol–water partition coefficient (Wildman–Crippen LogP) is 1.75. The second kappa shape index (κ2) is 7.29. The van der Waals surface area contributed by atoms with E-state index in [9.17, 15) is 9.59 Å². The number of amides is 2. The number of hydrogen-bond acceptors (Lipinski definition) is 5. The number of anilines is 2. The molecule has 0 unspecified atom stereocenters. The van der Waals surface area contributed by atoms with Crippen molar-refractivity contribution in [2.45, 2.75) is 13.8 Å². The molecule has 2 amide bonds. The summed E-state index contributed by atoms with van der Waals surface area (Å²) in [6, 6.07) is 6.07. The van der Waals surface area contributed by atoms with E-state index in [-0.39, 0.29) is 5.91 Å². The summed E-state index contributed by atoms with van der Waals surface area (Å²) in [5.41, 5.74) is 3.66. The molecule has 1 aliphatic rings. The quantitative estimate of drug-likeness (QED) is 0.859. The van der Waals surface area contributed by atoms with Crippen molar-refractivity contribution in [3.63, 3.8) is 0 Å². The summed E-state index contributed by atoms with van der Waals surface area (Å²) in [5, 5.41) is 3.19. The third-order valence-corrected chi connectivity index (χ3v) is 4.40. The van der Waals surface area contributed by atoms with Crippen LogP contribution in [0.25, 0.3) is 0 Å². The molecule has 0 radical (unpaired) electrons. The zero-order valence-corrected chi connectivity index (χ0v) is 14.4. The zero-order valence-electron chi connectivity index (χ0n) is 14.4. The van der Waals surface area contributed by atoms with Gasteiger partial charge in [0.15, 0.2) is 0 Å². The maximum absolute atomic E-state index is 12.4. The number of nitrogens with one attached hydrogen (secondary N) is 1. The lowest BCUT2D eigenvalue weighted by Gasteiger charge is -2.32. The minimum absolute atomic E-state index is 0.157. The molecular formula is C18H21N5O2. The first-order valence-electron chi connectivity index (χ1n) is 8.22. The first kappa shape index (κ1) is 16.9. The molecule has 1 fully saturated rings. The predicted molar refractivity (Wildman–Crippen MR) is 94.8 cm³/mol. The number of aromatic nitrogens is 2. The van der Waals surface area contributed by atoms with Crippen LogP contribution < -0.4 is 5.32 Å². The smallest absolute Gasteiger partial charge is 0.274 e. The molecule has 0 bridgehead atoms. The largest absolute Gasteiger partial charge is 0.342 e. The van der Waals surface area contributed by atoms with Crippen LogP contribution in [0.2, 0.25) is 0 Å². The van der Waals surface area contributed by atoms with Crippen molar-refractivity contribution in [3.05, 3.63) is 47.4 Å². The van der Waals surface area contributed by atoms with Gasteiger partial charge in [0.25, 0.3) is 5.91 Å². The Bertz CT molecular complexity index is 768. The van der Waals surface area contributed by atoms with Crippen LogP contribution in [0.1, 0.15) is 21.6 Å². The van der Waals surface area contributed by atoms with Gasteiger partial charge in [-0.15, -0.1) is 0 Å². The molecule has 1 aliphatic heterocycles. The van der Waals surface area contributed by atoms with E-state index in [0.29, 0.717) is 37.7 Å². The van der Waals surface area contributed by atoms with Crippen LogP contribution in [0, 0.1) is 13.8 Å². The highest BCUT2D eigenvalue weighted by atomic mass is 16.2. The average molecular weight is 339 g/mol. The van der Waals surface area contributed by atoms with E-state index in [1.807, 2.05) is 18.2 Å². The second-order valence-corrected chi connectivity index (χ2v) is 6.14. The number of hydrogen-bond donors (Lipinski definition) is 1. The van der Waals surface area contributed by atoms with E-state index in [4.69, 9.17) is 0 Å². The number of rotatable bonds is 4. The van der Waals surface area contributed by atoms with Crippen LogP contribution in [-0.4, -0.2) is 58.3 Å². The van der Waals surface area contributed by atoms with Gasteiger partial charge in [-0.1, -0.05) is 6.07 Å². The molecule has 0 saturated carbocycles. The Balaban J connectivity index is 1.64. The lowest BCUT2D eigenvalue weighted by Crippen LogP contribution is -2.48. The molecule has 25 heavy (non-hydrogen) atoms. The molecule has 7 nitrogen and oxygen atoms in total. The molecule has 0 atom stereocenters. The van der Waals surface area contributed by atoms with Crippen LogP contribution >= 0.6 is 0 Å². The minimum Gasteiger partial charge on any atom is -0.342 e. The van der Waals surface area contributed by atoms with E-state index in [2.05, 4.69) is 29.1 Å². The van der Waals surface area contributed by atoms with E-state index in [1.54, 1.807) is 16.0 Å². The van der Waals surface area contributed by atoms with Crippen LogP contribution in [0.15, 0.2) is 30.6 Å². The lowest BCUT2D eigenvalue weighted by atomic mass is 10.1. The molecule has 3 rings (SSSR count). The summed E-state index contributed by atoms with van der Waals surface area (Å²) < 4.78 is 0. The molecule has 1 aromatic carbocycles. The van der Waals surface area contributed by atoms with Crippen molar-refractivity contribution in [1.82, 2.24) is 19.8 Å². The Morgan fingerprint density at radius 1 is 1.08 bits per heavy atom. The molecule has 130 valence electrons. The molecule has 1 saturated heterocycles. The number of aryl methyl sites for hydroxylation is 2. The molecule has 0 spiro atoms. The Hall–Kier alpha value is -2.96. The Kier molecular flexibility index (Phi) is 4.92. The fourth-order valence-electron chi connectivity index (χ4n) is 2.66. The molecule has 0 aliphatic carbocycles. The van der Waals surface area contributed by atoms with Crippen molar-refractivity contribution in [2.75, 3.05) is 31.5 Å². The highest BCUT2D eigenvalue weighted by Crippen LogP contribution is 2.18. The summed E-state index contributed by atoms with van der Waals surface area (Å²) in [6.07, 6.45) is 3.86. The first-order chi connectivity index (χ1) is 12.1. The van der Waals surface area contributed by atoms with Gasteiger partial charge in [0.1, 0.15) is 11.5 Å². The van der Waals surface area contributed by atoms with Gasteiger partial charge >= 0.3 is 0 Å². The van der Waals surface area contributed by atoms with Crippen LogP contribution in [-0.2, 0) is 4.79 Å². The number of carbonyl (C=O) groups excluding carboxylic acids is 2. The Morgan fingerprint density at radius 2 is 1.84 bits per heavy atom. The topological polar surface area (TPSA) is 78.4 Å². The van der Waals surface area contributed by atoms with Crippen molar-refractivity contribution < 1.29 is 9.59 Å². The maximum Gasteiger partial charge on any atom is 0.274 e. The SMILES string of the molecule is Cc1ccc(Nc2cnc(C(=O)N3CCN(C=O)CC3)cn2)cc1C. The number of nitrogens with zero attached hydrogens (tertiary/aromatic N) is 4. The van der Waals surface area contributed by atoms with Crippen molar-refractivity contribution in [3.8, 4) is 0 Å². The second-order valence-electron chi connectivity index (χ2n) is 6.14. The fraction of sp³-hybridized carbons (Fsp3) is 0.333. The lowest BCUT2D eigenvalue weighted by molar-refractivity contribution is -0.119. The third kappa shape index (κ3) is 3.93. The molecule has 1 N–H and O–H groups in total. The molecule has 2 heterocycles. The highest BCUT2D eigenvalue weighted by molar-refractivity contribution is 5.92. The van der Waals surface area contributed by atoms with Gasteiger partial charge < -0.3 is 15.1 Å². The van der Waals surface area contributed by atoms with E-state index in [1.165, 1.54) is 17.3 Å². The Labute approximate surface area is 146 Å². The number of benzene rings is 1. The standard InChI is InChI=1S/C18H21N5O2/c1-13-3-4-15(9-14(13)2)21-17-11-19-16(10-20-17)18(25)23-7-5-22(12-24)6-8-23/h3-4,9-12H,5-8H2,1-2H3,(H,20,21). The molecule has 7 heteroatoms. The van der Waals surface area contributed by atoms with Crippen LogP contribution in [0.5, 0.6) is 0 Å². The van der Waals surface area contributed by atoms with E-state index in [0.717, 1.165) is 12.1 Å². The summed E-state index contributed by atoms with van der Waals surface area (Å²) in [7, 11) is 0. The molecular weight excluding hydrogens is 318 g/mol. The molecule has 1 aromatic heterocycles. The number of piperazine rings is 1. The minimum atomic E-state index is -0.157. The van der Waals surface area contributed by atoms with Gasteiger partial charge in [0, 0.05) is 31.9 Å². The third-order valence-electron chi connectivity index (χ3n) is 4.40. The summed E-state index contributed by atoms with van der Waals surface area (Å²) in [6.45, 7) is 6.25. The highest BCUT2D eigenvalue weighted by Gasteiger charge is 2.22. The summed E-state index contributed by atoms with van der Waals surface area (Å²) >= 11 is 0. The van der Waals surface area contributed by atoms with Crippen LogP contribution in [0.3, 0.4) is 0 Å². The van der Waals surface area contributed by atoms with Gasteiger partial charge in [-0.05, 0) is 37.1 Å². The molecule has 2 aromatic rings. The number of carbonyl (C=O) groups is 2.